The molecule has 1 aliphatic rings. The van der Waals surface area contributed by atoms with Crippen molar-refractivity contribution in [1.82, 2.24) is 0 Å². The van der Waals surface area contributed by atoms with Crippen LogP contribution in [0.2, 0.25) is 0 Å². The van der Waals surface area contributed by atoms with E-state index >= 15 is 0 Å². The first-order valence-electron chi connectivity index (χ1n) is 6.03. The van der Waals surface area contributed by atoms with E-state index in [0.29, 0.717) is 0 Å². The monoisotopic (exact) mass is 217 g/mol. The van der Waals surface area contributed by atoms with E-state index in [2.05, 4.69) is 0 Å². The first-order valence-corrected chi connectivity index (χ1v) is 6.03. The molecule has 1 aromatic carbocycles. The minimum absolute atomic E-state index is 0.144. The first kappa shape index (κ1) is 11.3. The van der Waals surface area contributed by atoms with Crippen molar-refractivity contribution < 1.29 is 4.79 Å². The number of ketones is 1. The Hall–Kier alpha value is -1.15. The third-order valence-electron chi connectivity index (χ3n) is 3.39. The van der Waals surface area contributed by atoms with Crippen LogP contribution in [0.3, 0.4) is 0 Å². The lowest BCUT2D eigenvalue weighted by Crippen LogP contribution is -2.31. The molecule has 1 aromatic rings. The summed E-state index contributed by atoms with van der Waals surface area (Å²) in [4.78, 5) is 12.2. The lowest BCUT2D eigenvalue weighted by Gasteiger charge is -2.25. The molecule has 2 atom stereocenters. The van der Waals surface area contributed by atoms with Gasteiger partial charge in [-0.3, -0.25) is 4.79 Å². The lowest BCUT2D eigenvalue weighted by atomic mass is 9.81. The molecule has 0 radical (unpaired) electrons. The van der Waals surface area contributed by atoms with Crippen molar-refractivity contribution in [3.8, 4) is 0 Å². The molecule has 0 saturated heterocycles. The zero-order valence-electron chi connectivity index (χ0n) is 9.78. The summed E-state index contributed by atoms with van der Waals surface area (Å²) in [6, 6.07) is 8.07. The fourth-order valence-electron chi connectivity index (χ4n) is 2.50. The highest BCUT2D eigenvalue weighted by atomic mass is 16.1. The first-order chi connectivity index (χ1) is 7.66. The molecule has 0 aliphatic heterocycles. The van der Waals surface area contributed by atoms with Crippen molar-refractivity contribution in [3.63, 3.8) is 0 Å². The topological polar surface area (TPSA) is 43.1 Å². The summed E-state index contributed by atoms with van der Waals surface area (Å²) < 4.78 is 0. The molecule has 16 heavy (non-hydrogen) atoms. The number of hydrogen-bond acceptors (Lipinski definition) is 2. The van der Waals surface area contributed by atoms with Gasteiger partial charge in [0.25, 0.3) is 0 Å². The van der Waals surface area contributed by atoms with Crippen LogP contribution >= 0.6 is 0 Å². The molecule has 1 fully saturated rings. The number of carbonyl (C=O) groups excluding carboxylic acids is 1. The van der Waals surface area contributed by atoms with E-state index in [4.69, 9.17) is 5.73 Å². The highest BCUT2D eigenvalue weighted by molar-refractivity contribution is 5.98. The highest BCUT2D eigenvalue weighted by Gasteiger charge is 2.25. The standard InChI is InChI=1S/C14H19NO/c1-10-4-2-5-11(8-10)14(16)12-6-3-7-13(15)9-12/h2,4-5,8,12-13H,3,6-7,9,15H2,1H3. The van der Waals surface area contributed by atoms with Crippen LogP contribution in [0, 0.1) is 12.8 Å². The minimum Gasteiger partial charge on any atom is -0.328 e. The summed E-state index contributed by atoms with van der Waals surface area (Å²) in [5.74, 6) is 0.421. The summed E-state index contributed by atoms with van der Waals surface area (Å²) in [5, 5.41) is 0. The SMILES string of the molecule is Cc1cccc(C(=O)C2CCCC(N)C2)c1. The van der Waals surface area contributed by atoms with Gasteiger partial charge in [-0.05, 0) is 32.3 Å². The summed E-state index contributed by atoms with van der Waals surface area (Å²) in [6.07, 6.45) is 4.01. The second kappa shape index (κ2) is 4.79. The number of rotatable bonds is 2. The maximum absolute atomic E-state index is 12.2. The molecule has 2 heteroatoms. The summed E-state index contributed by atoms with van der Waals surface area (Å²) in [5.41, 5.74) is 7.91. The summed E-state index contributed by atoms with van der Waals surface area (Å²) in [6.45, 7) is 2.02. The van der Waals surface area contributed by atoms with Crippen molar-refractivity contribution in [3.05, 3.63) is 35.4 Å². The zero-order valence-corrected chi connectivity index (χ0v) is 9.78. The van der Waals surface area contributed by atoms with Gasteiger partial charge in [0.05, 0.1) is 0 Å². The van der Waals surface area contributed by atoms with Crippen molar-refractivity contribution in [2.24, 2.45) is 11.7 Å². The minimum atomic E-state index is 0.144. The Bertz CT molecular complexity index is 386. The Labute approximate surface area is 96.8 Å². The van der Waals surface area contributed by atoms with Gasteiger partial charge in [0.15, 0.2) is 5.78 Å². The molecular weight excluding hydrogens is 198 g/mol. The number of hydrogen-bond donors (Lipinski definition) is 1. The smallest absolute Gasteiger partial charge is 0.166 e. The Morgan fingerprint density at radius 3 is 2.88 bits per heavy atom. The Kier molecular flexibility index (Phi) is 3.39. The Morgan fingerprint density at radius 1 is 1.38 bits per heavy atom. The Balaban J connectivity index is 2.12. The quantitative estimate of drug-likeness (QED) is 0.774. The van der Waals surface area contributed by atoms with Crippen LogP contribution in [0.4, 0.5) is 0 Å². The predicted octanol–water partition coefficient (Wildman–Crippen LogP) is 2.70. The molecule has 86 valence electrons. The summed E-state index contributed by atoms with van der Waals surface area (Å²) in [7, 11) is 0. The number of nitrogens with two attached hydrogens (primary N) is 1. The second-order valence-corrected chi connectivity index (χ2v) is 4.86. The maximum Gasteiger partial charge on any atom is 0.166 e. The van der Waals surface area contributed by atoms with Crippen LogP contribution in [-0.2, 0) is 0 Å². The van der Waals surface area contributed by atoms with Crippen LogP contribution in [0.25, 0.3) is 0 Å². The van der Waals surface area contributed by atoms with Gasteiger partial charge < -0.3 is 5.73 Å². The van der Waals surface area contributed by atoms with Gasteiger partial charge in [0, 0.05) is 17.5 Å². The number of Topliss-reactive ketones (excluding diaryl/α,β-unsaturated/α-hetero) is 1. The van der Waals surface area contributed by atoms with Gasteiger partial charge in [0.2, 0.25) is 0 Å². The zero-order chi connectivity index (χ0) is 11.5. The molecule has 0 heterocycles. The average molecular weight is 217 g/mol. The van der Waals surface area contributed by atoms with Gasteiger partial charge in [-0.2, -0.15) is 0 Å². The number of benzene rings is 1. The largest absolute Gasteiger partial charge is 0.328 e. The normalized spacial score (nSPS) is 25.4. The van der Waals surface area contributed by atoms with Crippen LogP contribution in [0.5, 0.6) is 0 Å². The van der Waals surface area contributed by atoms with E-state index in [-0.39, 0.29) is 17.7 Å². The van der Waals surface area contributed by atoms with Gasteiger partial charge >= 0.3 is 0 Å². The van der Waals surface area contributed by atoms with E-state index in [1.54, 1.807) is 0 Å². The molecule has 0 spiro atoms. The van der Waals surface area contributed by atoms with Crippen LogP contribution < -0.4 is 5.73 Å². The summed E-state index contributed by atoms with van der Waals surface area (Å²) >= 11 is 0. The van der Waals surface area contributed by atoms with Gasteiger partial charge in [0.1, 0.15) is 0 Å². The molecule has 2 N–H and O–H groups in total. The molecule has 2 rings (SSSR count). The van der Waals surface area contributed by atoms with E-state index in [0.717, 1.165) is 36.8 Å². The molecule has 2 unspecified atom stereocenters. The fraction of sp³-hybridized carbons (Fsp3) is 0.500. The van der Waals surface area contributed by atoms with Gasteiger partial charge in [-0.15, -0.1) is 0 Å². The maximum atomic E-state index is 12.2. The molecule has 0 amide bonds. The molecule has 0 bridgehead atoms. The molecule has 0 aromatic heterocycles. The molecule has 2 nitrogen and oxygen atoms in total. The van der Waals surface area contributed by atoms with E-state index in [1.165, 1.54) is 0 Å². The number of carbonyl (C=O) groups is 1. The second-order valence-electron chi connectivity index (χ2n) is 4.86. The Morgan fingerprint density at radius 2 is 2.19 bits per heavy atom. The third kappa shape index (κ3) is 2.50. The van der Waals surface area contributed by atoms with Gasteiger partial charge in [-0.25, -0.2) is 0 Å². The van der Waals surface area contributed by atoms with E-state index < -0.39 is 0 Å². The lowest BCUT2D eigenvalue weighted by molar-refractivity contribution is 0.0881. The van der Waals surface area contributed by atoms with Gasteiger partial charge in [-0.1, -0.05) is 30.2 Å². The van der Waals surface area contributed by atoms with Crippen molar-refractivity contribution >= 4 is 5.78 Å². The highest BCUT2D eigenvalue weighted by Crippen LogP contribution is 2.26. The molecule has 1 aliphatic carbocycles. The van der Waals surface area contributed by atoms with E-state index in [1.807, 2.05) is 31.2 Å². The predicted molar refractivity (Wildman–Crippen MR) is 65.4 cm³/mol. The van der Waals surface area contributed by atoms with Crippen molar-refractivity contribution in [2.45, 2.75) is 38.6 Å². The van der Waals surface area contributed by atoms with Crippen LogP contribution in [0.15, 0.2) is 24.3 Å². The van der Waals surface area contributed by atoms with Crippen molar-refractivity contribution in [2.75, 3.05) is 0 Å². The average Bonchev–Trinajstić information content (AvgIpc) is 2.28. The number of aryl methyl sites for hydroxylation is 1. The third-order valence-corrected chi connectivity index (χ3v) is 3.39. The van der Waals surface area contributed by atoms with Crippen LogP contribution in [-0.4, -0.2) is 11.8 Å². The molecule has 1 saturated carbocycles. The van der Waals surface area contributed by atoms with E-state index in [9.17, 15) is 4.79 Å². The van der Waals surface area contributed by atoms with Crippen LogP contribution in [0.1, 0.15) is 41.6 Å². The molecular formula is C14H19NO. The fourth-order valence-corrected chi connectivity index (χ4v) is 2.50. The van der Waals surface area contributed by atoms with Crippen molar-refractivity contribution in [1.29, 1.82) is 0 Å².